The summed E-state index contributed by atoms with van der Waals surface area (Å²) < 4.78 is 58.0. The van der Waals surface area contributed by atoms with E-state index in [4.69, 9.17) is 25.8 Å². The third kappa shape index (κ3) is 4.96. The summed E-state index contributed by atoms with van der Waals surface area (Å²) in [6, 6.07) is 1.42. The van der Waals surface area contributed by atoms with Crippen LogP contribution in [0.25, 0.3) is 11.2 Å². The molecule has 2 saturated heterocycles. The predicted octanol–water partition coefficient (Wildman–Crippen LogP) is 3.45. The van der Waals surface area contributed by atoms with Gasteiger partial charge in [0.2, 0.25) is 0 Å². The lowest BCUT2D eigenvalue weighted by atomic mass is 9.88. The van der Waals surface area contributed by atoms with Crippen LogP contribution in [0, 0.1) is 11.3 Å². The SMILES string of the molecule is CC1(C)O[C@@H]2[C@H](O1)[C@@H](CSCP(=O)(O)O)O[C@H]2n1cnc2c(NC3CC(F)(F)C3)c(C#N)c(Cl)nc21. The van der Waals surface area contributed by atoms with Gasteiger partial charge in [-0.3, -0.25) is 9.13 Å². The second-order valence-corrected chi connectivity index (χ2v) is 13.0. The molecule has 0 aromatic carbocycles. The first-order valence-corrected chi connectivity index (χ1v) is 14.3. The monoisotopic (exact) mass is 565 g/mol. The first-order valence-electron chi connectivity index (χ1n) is 11.0. The van der Waals surface area contributed by atoms with Gasteiger partial charge in [0.05, 0.1) is 23.6 Å². The fraction of sp³-hybridized carbons (Fsp3) is 0.650. The molecule has 4 heterocycles. The molecule has 0 spiro atoms. The van der Waals surface area contributed by atoms with Crippen LogP contribution in [0.1, 0.15) is 38.5 Å². The van der Waals surface area contributed by atoms with Gasteiger partial charge in [-0.05, 0) is 13.8 Å². The van der Waals surface area contributed by atoms with Crippen LogP contribution in [-0.4, -0.2) is 71.6 Å². The van der Waals surface area contributed by atoms with E-state index in [0.717, 1.165) is 11.8 Å². The minimum absolute atomic E-state index is 0.00291. The highest BCUT2D eigenvalue weighted by molar-refractivity contribution is 8.04. The molecule has 196 valence electrons. The van der Waals surface area contributed by atoms with Crippen molar-refractivity contribution in [3.05, 3.63) is 17.0 Å². The molecule has 3 aliphatic rings. The van der Waals surface area contributed by atoms with E-state index >= 15 is 0 Å². The van der Waals surface area contributed by atoms with Gasteiger partial charge < -0.3 is 29.3 Å². The normalized spacial score (nSPS) is 29.2. The Morgan fingerprint density at radius 3 is 2.69 bits per heavy atom. The Labute approximate surface area is 213 Å². The summed E-state index contributed by atoms with van der Waals surface area (Å²) in [6.45, 7) is 3.50. The zero-order valence-corrected chi connectivity index (χ0v) is 21.6. The number of nitriles is 1. The first kappa shape index (κ1) is 26.1. The third-order valence-corrected chi connectivity index (χ3v) is 9.07. The quantitative estimate of drug-likeness (QED) is 0.334. The molecule has 1 saturated carbocycles. The number of rotatable bonds is 7. The van der Waals surface area contributed by atoms with Gasteiger partial charge in [-0.15, -0.1) is 11.8 Å². The number of nitrogens with one attached hydrogen (secondary N) is 1. The fourth-order valence-electron chi connectivity index (χ4n) is 4.71. The molecule has 0 bridgehead atoms. The molecule has 3 N–H and O–H groups in total. The Kier molecular flexibility index (Phi) is 6.53. The predicted molar refractivity (Wildman–Crippen MR) is 126 cm³/mol. The number of pyridine rings is 1. The number of hydrogen-bond acceptors (Lipinski definition) is 9. The van der Waals surface area contributed by atoms with E-state index in [0.29, 0.717) is 0 Å². The van der Waals surface area contributed by atoms with E-state index < -0.39 is 49.9 Å². The zero-order valence-electron chi connectivity index (χ0n) is 19.1. The second kappa shape index (κ2) is 9.03. The molecule has 0 amide bonds. The maximum absolute atomic E-state index is 13.4. The summed E-state index contributed by atoms with van der Waals surface area (Å²) in [5.74, 6) is -3.45. The van der Waals surface area contributed by atoms with E-state index in [1.807, 2.05) is 6.07 Å². The Balaban J connectivity index is 1.47. The number of alkyl halides is 2. The molecule has 5 rings (SSSR count). The highest BCUT2D eigenvalue weighted by atomic mass is 35.5. The number of fused-ring (bicyclic) bond motifs is 2. The number of aromatic nitrogens is 3. The van der Waals surface area contributed by atoms with E-state index in [-0.39, 0.29) is 51.7 Å². The average Bonchev–Trinajstić information content (AvgIpc) is 3.37. The molecule has 3 fully saturated rings. The molecular formula is C20H23ClF2N5O6PS. The van der Waals surface area contributed by atoms with Gasteiger partial charge in [-0.2, -0.15) is 5.26 Å². The highest BCUT2D eigenvalue weighted by Gasteiger charge is 2.56. The van der Waals surface area contributed by atoms with Crippen LogP contribution in [0.3, 0.4) is 0 Å². The average molecular weight is 566 g/mol. The standard InChI is InChI=1S/C20H23ClF2N5O6PS/c1-19(2)33-14-11(6-36-8-35(29,30)31)32-18(15(14)34-19)28-7-25-13-12(26-9-3-20(22,23)4-9)10(5-24)16(21)27-17(13)28/h7,9,11,14-15,18H,3-4,6,8H2,1-2H3,(H,26,27)(H2,29,30,31)/t11-,14-,15-,18-/m1/s1. The van der Waals surface area contributed by atoms with Crippen molar-refractivity contribution in [1.82, 2.24) is 14.5 Å². The summed E-state index contributed by atoms with van der Waals surface area (Å²) >= 11 is 7.35. The molecule has 4 atom stereocenters. The minimum atomic E-state index is -4.19. The van der Waals surface area contributed by atoms with Gasteiger partial charge >= 0.3 is 7.60 Å². The third-order valence-electron chi connectivity index (χ3n) is 6.16. The van der Waals surface area contributed by atoms with Crippen LogP contribution < -0.4 is 5.32 Å². The number of nitrogens with zero attached hydrogens (tertiary/aromatic N) is 4. The van der Waals surface area contributed by atoms with Crippen molar-refractivity contribution >= 4 is 47.8 Å². The number of anilines is 1. The molecular weight excluding hydrogens is 543 g/mol. The molecule has 2 aromatic rings. The van der Waals surface area contributed by atoms with Crippen molar-refractivity contribution < 1.29 is 37.3 Å². The lowest BCUT2D eigenvalue weighted by Crippen LogP contribution is -2.44. The minimum Gasteiger partial charge on any atom is -0.379 e. The summed E-state index contributed by atoms with van der Waals surface area (Å²) in [5, 5.41) is 12.5. The largest absolute Gasteiger partial charge is 0.379 e. The topological polar surface area (TPSA) is 152 Å². The number of thioether (sulfide) groups is 1. The van der Waals surface area contributed by atoms with Crippen LogP contribution in [0.15, 0.2) is 6.33 Å². The highest BCUT2D eigenvalue weighted by Crippen LogP contribution is 2.47. The lowest BCUT2D eigenvalue weighted by Gasteiger charge is -2.36. The lowest BCUT2D eigenvalue weighted by molar-refractivity contribution is -0.193. The van der Waals surface area contributed by atoms with Crippen LogP contribution in [0.5, 0.6) is 0 Å². The molecule has 2 aromatic heterocycles. The van der Waals surface area contributed by atoms with E-state index in [1.165, 1.54) is 6.33 Å². The van der Waals surface area contributed by atoms with Gasteiger partial charge in [0, 0.05) is 24.6 Å². The zero-order chi connectivity index (χ0) is 26.0. The van der Waals surface area contributed by atoms with Crippen molar-refractivity contribution in [2.45, 2.75) is 69.0 Å². The summed E-state index contributed by atoms with van der Waals surface area (Å²) in [7, 11) is -4.19. The summed E-state index contributed by atoms with van der Waals surface area (Å²) in [6.07, 6.45) is -1.77. The molecule has 11 nitrogen and oxygen atoms in total. The van der Waals surface area contributed by atoms with Crippen LogP contribution >= 0.6 is 31.0 Å². The molecule has 2 aliphatic heterocycles. The summed E-state index contributed by atoms with van der Waals surface area (Å²) in [4.78, 5) is 27.1. The fourth-order valence-corrected chi connectivity index (χ4v) is 6.80. The van der Waals surface area contributed by atoms with Crippen molar-refractivity contribution in [2.75, 3.05) is 16.6 Å². The van der Waals surface area contributed by atoms with Gasteiger partial charge in [-0.1, -0.05) is 11.6 Å². The number of halogens is 3. The van der Waals surface area contributed by atoms with E-state index in [9.17, 15) is 28.4 Å². The van der Waals surface area contributed by atoms with Gasteiger partial charge in [-0.25, -0.2) is 18.7 Å². The van der Waals surface area contributed by atoms with Crippen molar-refractivity contribution in [1.29, 1.82) is 5.26 Å². The van der Waals surface area contributed by atoms with Crippen molar-refractivity contribution in [2.24, 2.45) is 0 Å². The number of ether oxygens (including phenoxy) is 3. The van der Waals surface area contributed by atoms with Crippen molar-refractivity contribution in [3.63, 3.8) is 0 Å². The summed E-state index contributed by atoms with van der Waals surface area (Å²) in [5.41, 5.74) is 0.385. The Morgan fingerprint density at radius 1 is 1.36 bits per heavy atom. The molecule has 1 aliphatic carbocycles. The molecule has 36 heavy (non-hydrogen) atoms. The second-order valence-electron chi connectivity index (χ2n) is 9.49. The van der Waals surface area contributed by atoms with Crippen LogP contribution in [0.4, 0.5) is 14.5 Å². The number of imidazole rings is 1. The molecule has 16 heteroatoms. The van der Waals surface area contributed by atoms with Gasteiger partial charge in [0.25, 0.3) is 5.92 Å². The van der Waals surface area contributed by atoms with Crippen LogP contribution in [0.2, 0.25) is 5.15 Å². The molecule has 0 unspecified atom stereocenters. The van der Waals surface area contributed by atoms with Crippen molar-refractivity contribution in [3.8, 4) is 6.07 Å². The Morgan fingerprint density at radius 2 is 2.06 bits per heavy atom. The Hall–Kier alpha value is -1.56. The maximum Gasteiger partial charge on any atom is 0.335 e. The van der Waals surface area contributed by atoms with Crippen LogP contribution in [-0.2, 0) is 18.8 Å². The van der Waals surface area contributed by atoms with Gasteiger partial charge in [0.1, 0.15) is 29.4 Å². The smallest absolute Gasteiger partial charge is 0.335 e. The first-order chi connectivity index (χ1) is 16.8. The Bertz CT molecular complexity index is 1280. The molecule has 0 radical (unpaired) electrons. The van der Waals surface area contributed by atoms with E-state index in [2.05, 4.69) is 15.3 Å². The van der Waals surface area contributed by atoms with E-state index in [1.54, 1.807) is 18.4 Å². The van der Waals surface area contributed by atoms with Gasteiger partial charge in [0.15, 0.2) is 22.8 Å². The maximum atomic E-state index is 13.4. The number of hydrogen-bond donors (Lipinski definition) is 3.